The third-order valence-electron chi connectivity index (χ3n) is 2.68. The van der Waals surface area contributed by atoms with Gasteiger partial charge in [0.25, 0.3) is 0 Å². The van der Waals surface area contributed by atoms with Crippen LogP contribution in [0.15, 0.2) is 12.7 Å². The van der Waals surface area contributed by atoms with Gasteiger partial charge in [0.1, 0.15) is 11.8 Å². The van der Waals surface area contributed by atoms with E-state index < -0.39 is 14.4 Å². The molecule has 0 aromatic carbocycles. The molecule has 0 fully saturated rings. The number of nitrogens with two attached hydrogens (primary N) is 1. The molecule has 2 heterocycles. The number of hydrogen-bond donors (Lipinski definition) is 3. The van der Waals surface area contributed by atoms with E-state index in [0.717, 1.165) is 0 Å². The molecule has 2 rings (SSSR count). The topological polar surface area (TPSA) is 146 Å². The Hall–Kier alpha value is -1.71. The van der Waals surface area contributed by atoms with Crippen molar-refractivity contribution in [3.05, 3.63) is 12.7 Å². The van der Waals surface area contributed by atoms with Gasteiger partial charge in [0.15, 0.2) is 11.5 Å². The van der Waals surface area contributed by atoms with Crippen LogP contribution in [0.4, 0.5) is 5.82 Å². The van der Waals surface area contributed by atoms with Crippen molar-refractivity contribution in [2.75, 3.05) is 19.1 Å². The average molecular weight is 316 g/mol. The van der Waals surface area contributed by atoms with Crippen LogP contribution in [-0.2, 0) is 20.4 Å². The van der Waals surface area contributed by atoms with Gasteiger partial charge in [-0.3, -0.25) is 0 Å². The van der Waals surface area contributed by atoms with E-state index >= 15 is 0 Å². The van der Waals surface area contributed by atoms with Crippen molar-refractivity contribution in [2.24, 2.45) is 0 Å². The molecule has 0 saturated carbocycles. The number of aliphatic hydroxyl groups excluding tert-OH is 1. The minimum absolute atomic E-state index is 0.189. The zero-order valence-electron chi connectivity index (χ0n) is 11.0. The van der Waals surface area contributed by atoms with Crippen molar-refractivity contribution in [2.45, 2.75) is 19.1 Å². The summed E-state index contributed by atoms with van der Waals surface area (Å²) in [5.74, 6) is 0.284. The van der Waals surface area contributed by atoms with Crippen molar-refractivity contribution in [3.8, 4) is 0 Å². The first-order valence-corrected chi connectivity index (χ1v) is 7.17. The van der Waals surface area contributed by atoms with Crippen LogP contribution in [0.1, 0.15) is 6.42 Å². The van der Waals surface area contributed by atoms with E-state index in [2.05, 4.69) is 19.5 Å². The molecular formula is C10H15N5O5P+. The lowest BCUT2D eigenvalue weighted by atomic mass is 10.2. The van der Waals surface area contributed by atoms with Crippen LogP contribution in [0.3, 0.4) is 0 Å². The van der Waals surface area contributed by atoms with Crippen LogP contribution in [0, 0.1) is 0 Å². The summed E-state index contributed by atoms with van der Waals surface area (Å²) in [5.41, 5.74) is 6.70. The molecule has 2 unspecified atom stereocenters. The van der Waals surface area contributed by atoms with Gasteiger partial charge in [0.2, 0.25) is 6.79 Å². The van der Waals surface area contributed by atoms with E-state index in [0.29, 0.717) is 17.6 Å². The van der Waals surface area contributed by atoms with Crippen LogP contribution in [-0.4, -0.2) is 49.0 Å². The zero-order valence-corrected chi connectivity index (χ0v) is 11.9. The summed E-state index contributed by atoms with van der Waals surface area (Å²) in [6, 6.07) is 0. The lowest BCUT2D eigenvalue weighted by Gasteiger charge is -2.11. The number of fused-ring (bicyclic) bond motifs is 1. The molecule has 4 N–H and O–H groups in total. The van der Waals surface area contributed by atoms with Crippen molar-refractivity contribution < 1.29 is 23.8 Å². The molecule has 0 saturated heterocycles. The highest BCUT2D eigenvalue weighted by molar-refractivity contribution is 7.32. The predicted octanol–water partition coefficient (Wildman–Crippen LogP) is -0.200. The molecule has 10 nitrogen and oxygen atoms in total. The zero-order chi connectivity index (χ0) is 15.2. The van der Waals surface area contributed by atoms with Gasteiger partial charge in [-0.05, 0) is 6.42 Å². The Bertz CT molecular complexity index is 621. The Kier molecular flexibility index (Phi) is 5.48. The fourth-order valence-electron chi connectivity index (χ4n) is 1.71. The first kappa shape index (κ1) is 15.7. The van der Waals surface area contributed by atoms with E-state index in [9.17, 15) is 9.67 Å². The number of ether oxygens (including phenoxy) is 1. The number of nitrogens with zero attached hydrogens (tertiary/aromatic N) is 4. The molecule has 2 aromatic rings. The fourth-order valence-corrected chi connectivity index (χ4v) is 1.88. The lowest BCUT2D eigenvalue weighted by Crippen LogP contribution is -2.18. The van der Waals surface area contributed by atoms with E-state index in [4.69, 9.17) is 15.4 Å². The Morgan fingerprint density at radius 2 is 2.24 bits per heavy atom. The van der Waals surface area contributed by atoms with Gasteiger partial charge in [-0.15, -0.1) is 4.89 Å². The Labute approximate surface area is 120 Å². The SMILES string of the molecule is Nc1ncnc2c1ncn2CC(O)CCOCO[P+](=O)O. The van der Waals surface area contributed by atoms with E-state index in [1.807, 2.05) is 0 Å². The van der Waals surface area contributed by atoms with Crippen molar-refractivity contribution >= 4 is 25.2 Å². The Morgan fingerprint density at radius 3 is 3.00 bits per heavy atom. The highest BCUT2D eigenvalue weighted by atomic mass is 31.1. The first-order valence-electron chi connectivity index (χ1n) is 6.04. The standard InChI is InChI=1S/C10H14N5O5P/c11-9-8-10(13-4-12-9)15(5-14-8)3-7(16)1-2-19-6-20-21(17)18/h4-5,7,16H,1-3,6H2,(H2-,11,12,13,17,18)/p+1. The molecule has 0 radical (unpaired) electrons. The maximum Gasteiger partial charge on any atom is 0.697 e. The summed E-state index contributed by atoms with van der Waals surface area (Å²) >= 11 is 0. The Morgan fingerprint density at radius 1 is 1.43 bits per heavy atom. The number of rotatable bonds is 8. The largest absolute Gasteiger partial charge is 0.697 e. The summed E-state index contributed by atoms with van der Waals surface area (Å²) in [6.45, 7) is 0.162. The van der Waals surface area contributed by atoms with Crippen LogP contribution in [0.25, 0.3) is 11.2 Å². The van der Waals surface area contributed by atoms with Gasteiger partial charge < -0.3 is 20.1 Å². The molecule has 2 aromatic heterocycles. The van der Waals surface area contributed by atoms with Gasteiger partial charge in [-0.25, -0.2) is 15.0 Å². The third-order valence-corrected chi connectivity index (χ3v) is 3.01. The maximum absolute atomic E-state index is 10.2. The van der Waals surface area contributed by atoms with E-state index in [-0.39, 0.29) is 25.8 Å². The maximum atomic E-state index is 10.2. The quantitative estimate of drug-likeness (QED) is 0.342. The molecule has 0 aliphatic carbocycles. The van der Waals surface area contributed by atoms with E-state index in [1.165, 1.54) is 12.7 Å². The number of aromatic nitrogens is 4. The third kappa shape index (κ3) is 4.38. The molecule has 114 valence electrons. The average Bonchev–Trinajstić information content (AvgIpc) is 2.83. The number of nitrogen functional groups attached to an aromatic ring is 1. The van der Waals surface area contributed by atoms with Gasteiger partial charge in [-0.1, -0.05) is 4.52 Å². The molecule has 21 heavy (non-hydrogen) atoms. The molecule has 0 spiro atoms. The fraction of sp³-hybridized carbons (Fsp3) is 0.500. The van der Waals surface area contributed by atoms with Crippen molar-refractivity contribution in [3.63, 3.8) is 0 Å². The number of hydrogen-bond acceptors (Lipinski definition) is 8. The van der Waals surface area contributed by atoms with Crippen molar-refractivity contribution in [1.82, 2.24) is 19.5 Å². The summed E-state index contributed by atoms with van der Waals surface area (Å²) in [4.78, 5) is 20.4. The number of aliphatic hydroxyl groups is 1. The normalized spacial score (nSPS) is 13.5. The molecular weight excluding hydrogens is 301 g/mol. The second-order valence-electron chi connectivity index (χ2n) is 4.16. The number of anilines is 1. The summed E-state index contributed by atoms with van der Waals surface area (Å²) in [6.07, 6.45) is 2.49. The second kappa shape index (κ2) is 7.34. The van der Waals surface area contributed by atoms with Crippen LogP contribution in [0.5, 0.6) is 0 Å². The predicted molar refractivity (Wildman–Crippen MR) is 72.1 cm³/mol. The molecule has 2 atom stereocenters. The molecule has 0 amide bonds. The second-order valence-corrected chi connectivity index (χ2v) is 4.90. The first-order chi connectivity index (χ1) is 10.1. The van der Waals surface area contributed by atoms with Crippen LogP contribution < -0.4 is 5.73 Å². The summed E-state index contributed by atoms with van der Waals surface area (Å²) in [5, 5.41) is 9.91. The molecule has 0 bridgehead atoms. The highest BCUT2D eigenvalue weighted by Crippen LogP contribution is 2.15. The molecule has 11 heteroatoms. The minimum Gasteiger partial charge on any atom is -0.391 e. The van der Waals surface area contributed by atoms with Gasteiger partial charge in [0, 0.05) is 4.57 Å². The van der Waals surface area contributed by atoms with Gasteiger partial charge >= 0.3 is 8.25 Å². The Balaban J connectivity index is 1.83. The highest BCUT2D eigenvalue weighted by Gasteiger charge is 2.13. The number of imidazole rings is 1. The summed E-state index contributed by atoms with van der Waals surface area (Å²) < 4.78 is 21.1. The lowest BCUT2D eigenvalue weighted by molar-refractivity contribution is -0.00287. The molecule has 0 aliphatic heterocycles. The van der Waals surface area contributed by atoms with Crippen LogP contribution in [0.2, 0.25) is 0 Å². The smallest absolute Gasteiger partial charge is 0.391 e. The van der Waals surface area contributed by atoms with E-state index in [1.54, 1.807) is 4.57 Å². The summed E-state index contributed by atoms with van der Waals surface area (Å²) in [7, 11) is -2.66. The minimum atomic E-state index is -2.66. The van der Waals surface area contributed by atoms with Gasteiger partial charge in [-0.2, -0.15) is 0 Å². The monoisotopic (exact) mass is 316 g/mol. The van der Waals surface area contributed by atoms with Crippen LogP contribution >= 0.6 is 8.25 Å². The molecule has 0 aliphatic rings. The van der Waals surface area contributed by atoms with Crippen molar-refractivity contribution in [1.29, 1.82) is 0 Å². The van der Waals surface area contributed by atoms with Gasteiger partial charge in [0.05, 0.1) is 25.6 Å².